The van der Waals surface area contributed by atoms with Gasteiger partial charge in [0.2, 0.25) is 0 Å². The number of benzene rings is 1. The fourth-order valence-electron chi connectivity index (χ4n) is 1.26. The van der Waals surface area contributed by atoms with Crippen LogP contribution in [0.2, 0.25) is 0 Å². The molecule has 0 unspecified atom stereocenters. The summed E-state index contributed by atoms with van der Waals surface area (Å²) in [6.07, 6.45) is 0. The molecule has 0 amide bonds. The molecule has 0 saturated carbocycles. The second-order valence-corrected chi connectivity index (χ2v) is 3.28. The number of hydrogen-bond acceptors (Lipinski definition) is 4. The van der Waals surface area contributed by atoms with Crippen molar-refractivity contribution in [2.45, 2.75) is 6.92 Å². The zero-order valence-corrected chi connectivity index (χ0v) is 8.44. The van der Waals surface area contributed by atoms with Gasteiger partial charge in [0.05, 0.1) is 0 Å². The van der Waals surface area contributed by atoms with Gasteiger partial charge in [0.1, 0.15) is 5.82 Å². The van der Waals surface area contributed by atoms with E-state index in [2.05, 4.69) is 15.5 Å². The lowest BCUT2D eigenvalue weighted by molar-refractivity contribution is 1.05. The van der Waals surface area contributed by atoms with E-state index in [-0.39, 0.29) is 0 Å². The molecular formula is C11H12N4. The molecule has 0 aliphatic rings. The molecule has 0 radical (unpaired) electrons. The van der Waals surface area contributed by atoms with Gasteiger partial charge in [-0.2, -0.15) is 0 Å². The summed E-state index contributed by atoms with van der Waals surface area (Å²) in [5, 5.41) is 10.9. The summed E-state index contributed by atoms with van der Waals surface area (Å²) in [6, 6.07) is 11.5. The summed E-state index contributed by atoms with van der Waals surface area (Å²) in [5.74, 6) is 1.11. The van der Waals surface area contributed by atoms with E-state index in [0.717, 1.165) is 11.3 Å². The van der Waals surface area contributed by atoms with Gasteiger partial charge in [0.15, 0.2) is 5.82 Å². The Labute approximate surface area is 88.2 Å². The predicted octanol–water partition coefficient (Wildman–Crippen LogP) is 2.11. The van der Waals surface area contributed by atoms with Gasteiger partial charge in [0.25, 0.3) is 0 Å². The van der Waals surface area contributed by atoms with Crippen LogP contribution in [0, 0.1) is 6.92 Å². The van der Waals surface area contributed by atoms with E-state index in [1.54, 1.807) is 12.1 Å². The molecular weight excluding hydrogens is 188 g/mol. The molecule has 2 aromatic rings. The van der Waals surface area contributed by atoms with Crippen LogP contribution in [0.15, 0.2) is 36.4 Å². The smallest absolute Gasteiger partial charge is 0.153 e. The zero-order valence-electron chi connectivity index (χ0n) is 8.44. The first kappa shape index (κ1) is 9.45. The first-order valence-electron chi connectivity index (χ1n) is 4.67. The van der Waals surface area contributed by atoms with E-state index in [0.29, 0.717) is 11.6 Å². The van der Waals surface area contributed by atoms with E-state index in [1.165, 1.54) is 0 Å². The van der Waals surface area contributed by atoms with Gasteiger partial charge in [-0.25, -0.2) is 0 Å². The second kappa shape index (κ2) is 3.96. The maximum absolute atomic E-state index is 5.45. The zero-order chi connectivity index (χ0) is 10.7. The molecule has 0 aliphatic heterocycles. The molecule has 0 bridgehead atoms. The van der Waals surface area contributed by atoms with E-state index >= 15 is 0 Å². The molecule has 1 aromatic heterocycles. The first-order valence-corrected chi connectivity index (χ1v) is 4.67. The molecule has 76 valence electrons. The van der Waals surface area contributed by atoms with Crippen LogP contribution in [0.5, 0.6) is 0 Å². The number of para-hydroxylation sites is 1. The van der Waals surface area contributed by atoms with Gasteiger partial charge in [-0.05, 0) is 30.7 Å². The van der Waals surface area contributed by atoms with Crippen molar-refractivity contribution in [3.63, 3.8) is 0 Å². The van der Waals surface area contributed by atoms with Gasteiger partial charge >= 0.3 is 0 Å². The fourth-order valence-corrected chi connectivity index (χ4v) is 1.26. The minimum atomic E-state index is 0.422. The van der Waals surface area contributed by atoms with Gasteiger partial charge in [-0.1, -0.05) is 18.2 Å². The largest absolute Gasteiger partial charge is 0.382 e. The molecule has 0 fully saturated rings. The maximum Gasteiger partial charge on any atom is 0.153 e. The number of rotatable bonds is 2. The van der Waals surface area contributed by atoms with Gasteiger partial charge < -0.3 is 11.1 Å². The Morgan fingerprint density at radius 2 is 1.87 bits per heavy atom. The number of nitrogen functional groups attached to an aromatic ring is 1. The lowest BCUT2D eigenvalue weighted by atomic mass is 10.2. The summed E-state index contributed by atoms with van der Waals surface area (Å²) in [6.45, 7) is 2.03. The highest BCUT2D eigenvalue weighted by Crippen LogP contribution is 2.17. The molecule has 1 heterocycles. The third kappa shape index (κ3) is 2.22. The Kier molecular flexibility index (Phi) is 2.49. The lowest BCUT2D eigenvalue weighted by Crippen LogP contribution is -1.98. The third-order valence-corrected chi connectivity index (χ3v) is 2.09. The van der Waals surface area contributed by atoms with Crippen molar-refractivity contribution in [3.8, 4) is 0 Å². The second-order valence-electron chi connectivity index (χ2n) is 3.28. The maximum atomic E-state index is 5.45. The number of nitrogens with one attached hydrogen (secondary N) is 1. The fraction of sp³-hybridized carbons (Fsp3) is 0.0909. The molecule has 15 heavy (non-hydrogen) atoms. The summed E-state index contributed by atoms with van der Waals surface area (Å²) >= 11 is 0. The number of hydrogen-bond donors (Lipinski definition) is 2. The highest BCUT2D eigenvalue weighted by atomic mass is 15.2. The molecule has 4 nitrogen and oxygen atoms in total. The van der Waals surface area contributed by atoms with Crippen LogP contribution in [0.3, 0.4) is 0 Å². The Morgan fingerprint density at radius 1 is 1.07 bits per heavy atom. The van der Waals surface area contributed by atoms with Crippen molar-refractivity contribution in [1.82, 2.24) is 10.2 Å². The highest BCUT2D eigenvalue weighted by molar-refractivity contribution is 5.60. The molecule has 0 spiro atoms. The first-order chi connectivity index (χ1) is 7.25. The molecule has 0 aliphatic carbocycles. The Morgan fingerprint density at radius 3 is 2.53 bits per heavy atom. The average Bonchev–Trinajstić information content (AvgIpc) is 2.25. The summed E-state index contributed by atoms with van der Waals surface area (Å²) in [7, 11) is 0. The van der Waals surface area contributed by atoms with Crippen LogP contribution >= 0.6 is 0 Å². The SMILES string of the molecule is Cc1ccccc1Nc1ccc(N)nn1. The summed E-state index contributed by atoms with van der Waals surface area (Å²) < 4.78 is 0. The average molecular weight is 200 g/mol. The van der Waals surface area contributed by atoms with Crippen molar-refractivity contribution in [1.29, 1.82) is 0 Å². The topological polar surface area (TPSA) is 63.8 Å². The Balaban J connectivity index is 2.22. The van der Waals surface area contributed by atoms with Crippen molar-refractivity contribution in [3.05, 3.63) is 42.0 Å². The monoisotopic (exact) mass is 200 g/mol. The van der Waals surface area contributed by atoms with Gasteiger partial charge in [-0.3, -0.25) is 0 Å². The van der Waals surface area contributed by atoms with E-state index in [4.69, 9.17) is 5.73 Å². The Hall–Kier alpha value is -2.10. The molecule has 1 aromatic carbocycles. The van der Waals surface area contributed by atoms with Crippen LogP contribution in [0.4, 0.5) is 17.3 Å². The van der Waals surface area contributed by atoms with E-state index in [1.807, 2.05) is 31.2 Å². The van der Waals surface area contributed by atoms with E-state index < -0.39 is 0 Å². The van der Waals surface area contributed by atoms with Crippen LogP contribution in [0.1, 0.15) is 5.56 Å². The van der Waals surface area contributed by atoms with Crippen molar-refractivity contribution >= 4 is 17.3 Å². The number of nitrogens with two attached hydrogens (primary N) is 1. The Bertz CT molecular complexity index is 450. The van der Waals surface area contributed by atoms with Crippen LogP contribution < -0.4 is 11.1 Å². The van der Waals surface area contributed by atoms with Crippen LogP contribution in [-0.4, -0.2) is 10.2 Å². The van der Waals surface area contributed by atoms with Crippen LogP contribution in [0.25, 0.3) is 0 Å². The molecule has 0 atom stereocenters. The number of aromatic nitrogens is 2. The van der Waals surface area contributed by atoms with E-state index in [9.17, 15) is 0 Å². The minimum Gasteiger partial charge on any atom is -0.382 e. The molecule has 0 saturated heterocycles. The lowest BCUT2D eigenvalue weighted by Gasteiger charge is -2.07. The van der Waals surface area contributed by atoms with Crippen molar-refractivity contribution in [2.75, 3.05) is 11.1 Å². The predicted molar refractivity (Wildman–Crippen MR) is 60.9 cm³/mol. The number of anilines is 3. The molecule has 4 heteroatoms. The molecule has 2 rings (SSSR count). The third-order valence-electron chi connectivity index (χ3n) is 2.09. The minimum absolute atomic E-state index is 0.422. The van der Waals surface area contributed by atoms with Gasteiger partial charge in [0, 0.05) is 5.69 Å². The van der Waals surface area contributed by atoms with Gasteiger partial charge in [-0.15, -0.1) is 10.2 Å². The van der Waals surface area contributed by atoms with Crippen LogP contribution in [-0.2, 0) is 0 Å². The number of nitrogens with zero attached hydrogens (tertiary/aromatic N) is 2. The van der Waals surface area contributed by atoms with Crippen molar-refractivity contribution in [2.24, 2.45) is 0 Å². The summed E-state index contributed by atoms with van der Waals surface area (Å²) in [4.78, 5) is 0. The number of aryl methyl sites for hydroxylation is 1. The standard InChI is InChI=1S/C11H12N4/c1-8-4-2-3-5-9(8)13-11-7-6-10(12)14-15-11/h2-7H,1H3,(H2,12,14)(H,13,15). The highest BCUT2D eigenvalue weighted by Gasteiger charge is 1.98. The normalized spacial score (nSPS) is 9.93. The molecule has 3 N–H and O–H groups in total. The quantitative estimate of drug-likeness (QED) is 0.779. The van der Waals surface area contributed by atoms with Crippen molar-refractivity contribution < 1.29 is 0 Å². The summed E-state index contributed by atoms with van der Waals surface area (Å²) in [5.41, 5.74) is 7.64.